The maximum absolute atomic E-state index is 14.2. The van der Waals surface area contributed by atoms with Crippen LogP contribution in [0.25, 0.3) is 0 Å². The molecule has 3 unspecified atom stereocenters. The van der Waals surface area contributed by atoms with Crippen molar-refractivity contribution >= 4 is 21.6 Å². The van der Waals surface area contributed by atoms with Crippen LogP contribution < -0.4 is 10.2 Å². The molecule has 1 aliphatic rings. The number of fused-ring (bicyclic) bond motifs is 1. The van der Waals surface area contributed by atoms with Crippen LogP contribution in [-0.4, -0.2) is 19.6 Å². The van der Waals surface area contributed by atoms with Gasteiger partial charge in [0.15, 0.2) is 0 Å². The predicted molar refractivity (Wildman–Crippen MR) is 102 cm³/mol. The first-order chi connectivity index (χ1) is 11.5. The summed E-state index contributed by atoms with van der Waals surface area (Å²) in [5, 5.41) is 3.66. The molecule has 128 valence electrons. The number of likely N-dealkylation sites (N-methyl/N-ethyl adjacent to an activating group) is 1. The van der Waals surface area contributed by atoms with Gasteiger partial charge in [-0.2, -0.15) is 0 Å². The summed E-state index contributed by atoms with van der Waals surface area (Å²) in [6, 6.07) is 14.6. The second-order valence-corrected chi connectivity index (χ2v) is 7.73. The molecule has 0 spiro atoms. The summed E-state index contributed by atoms with van der Waals surface area (Å²) >= 11 is 3.42. The highest BCUT2D eigenvalue weighted by atomic mass is 79.9. The van der Waals surface area contributed by atoms with Gasteiger partial charge in [0.25, 0.3) is 0 Å². The van der Waals surface area contributed by atoms with Gasteiger partial charge in [-0.05, 0) is 54.7 Å². The summed E-state index contributed by atoms with van der Waals surface area (Å²) in [7, 11) is 2.12. The second-order valence-electron chi connectivity index (χ2n) is 6.82. The van der Waals surface area contributed by atoms with Crippen LogP contribution in [0.2, 0.25) is 0 Å². The number of nitrogens with one attached hydrogen (secondary N) is 1. The van der Waals surface area contributed by atoms with Crippen LogP contribution in [0.15, 0.2) is 46.9 Å². The highest BCUT2D eigenvalue weighted by Crippen LogP contribution is 2.39. The molecule has 0 fully saturated rings. The van der Waals surface area contributed by atoms with Crippen LogP contribution in [0.4, 0.5) is 10.1 Å². The van der Waals surface area contributed by atoms with Crippen LogP contribution in [0.5, 0.6) is 0 Å². The summed E-state index contributed by atoms with van der Waals surface area (Å²) in [6.45, 7) is 5.26. The van der Waals surface area contributed by atoms with E-state index in [2.05, 4.69) is 77.4 Å². The van der Waals surface area contributed by atoms with Crippen molar-refractivity contribution in [2.75, 3.05) is 18.5 Å². The Morgan fingerprint density at radius 2 is 2.00 bits per heavy atom. The SMILES string of the molecule is CC1Cc2c(F)cc(Br)cc2C1NCC(C)N(C)c1ccccc1. The molecule has 3 atom stereocenters. The first-order valence-corrected chi connectivity index (χ1v) is 9.25. The minimum Gasteiger partial charge on any atom is -0.371 e. The van der Waals surface area contributed by atoms with Gasteiger partial charge >= 0.3 is 0 Å². The molecule has 0 heterocycles. The average Bonchev–Trinajstić information content (AvgIpc) is 2.88. The van der Waals surface area contributed by atoms with E-state index in [0.29, 0.717) is 12.0 Å². The Morgan fingerprint density at radius 3 is 2.71 bits per heavy atom. The first kappa shape index (κ1) is 17.4. The van der Waals surface area contributed by atoms with E-state index in [1.807, 2.05) is 6.07 Å². The molecule has 2 aromatic carbocycles. The van der Waals surface area contributed by atoms with Crippen molar-refractivity contribution < 1.29 is 4.39 Å². The lowest BCUT2D eigenvalue weighted by Crippen LogP contribution is -2.40. The molecule has 1 aliphatic carbocycles. The van der Waals surface area contributed by atoms with Gasteiger partial charge in [-0.25, -0.2) is 4.39 Å². The Balaban J connectivity index is 1.69. The minimum absolute atomic E-state index is 0.0926. The van der Waals surface area contributed by atoms with Crippen molar-refractivity contribution in [3.05, 3.63) is 63.9 Å². The maximum Gasteiger partial charge on any atom is 0.127 e. The Kier molecular flexibility index (Phi) is 5.26. The van der Waals surface area contributed by atoms with Gasteiger partial charge in [-0.15, -0.1) is 0 Å². The molecule has 4 heteroatoms. The van der Waals surface area contributed by atoms with Gasteiger partial charge in [0.2, 0.25) is 0 Å². The fourth-order valence-corrected chi connectivity index (χ4v) is 3.97. The normalized spacial score (nSPS) is 20.7. The third kappa shape index (κ3) is 3.50. The third-order valence-corrected chi connectivity index (χ3v) is 5.54. The maximum atomic E-state index is 14.2. The minimum atomic E-state index is -0.0926. The van der Waals surface area contributed by atoms with E-state index in [1.165, 1.54) is 5.69 Å². The van der Waals surface area contributed by atoms with Crippen LogP contribution >= 0.6 is 15.9 Å². The molecule has 0 aromatic heterocycles. The zero-order valence-corrected chi connectivity index (χ0v) is 16.0. The van der Waals surface area contributed by atoms with E-state index in [4.69, 9.17) is 0 Å². The first-order valence-electron chi connectivity index (χ1n) is 8.46. The van der Waals surface area contributed by atoms with Gasteiger partial charge < -0.3 is 10.2 Å². The van der Waals surface area contributed by atoms with E-state index in [9.17, 15) is 4.39 Å². The molecule has 24 heavy (non-hydrogen) atoms. The van der Waals surface area contributed by atoms with E-state index in [0.717, 1.165) is 28.6 Å². The highest BCUT2D eigenvalue weighted by molar-refractivity contribution is 9.10. The molecule has 3 rings (SSSR count). The second kappa shape index (κ2) is 7.24. The molecule has 2 nitrogen and oxygen atoms in total. The van der Waals surface area contributed by atoms with Crippen molar-refractivity contribution in [1.82, 2.24) is 5.32 Å². The Hall–Kier alpha value is -1.39. The zero-order chi connectivity index (χ0) is 17.3. The van der Waals surface area contributed by atoms with E-state index < -0.39 is 0 Å². The number of hydrogen-bond donors (Lipinski definition) is 1. The van der Waals surface area contributed by atoms with Crippen LogP contribution in [-0.2, 0) is 6.42 Å². The largest absolute Gasteiger partial charge is 0.371 e. The third-order valence-electron chi connectivity index (χ3n) is 5.08. The standard InChI is InChI=1S/C20H24BrFN2/c1-13-9-17-18(10-15(21)11-19(17)22)20(13)23-12-14(2)24(3)16-7-5-4-6-8-16/h4-8,10-11,13-14,20,23H,9,12H2,1-3H3. The number of nitrogens with zero attached hydrogens (tertiary/aromatic N) is 1. The van der Waals surface area contributed by atoms with Crippen LogP contribution in [0.1, 0.15) is 31.0 Å². The van der Waals surface area contributed by atoms with Gasteiger partial charge in [0, 0.05) is 35.8 Å². The Morgan fingerprint density at radius 1 is 1.29 bits per heavy atom. The average molecular weight is 391 g/mol. The fraction of sp³-hybridized carbons (Fsp3) is 0.400. The Bertz CT molecular complexity index is 704. The highest BCUT2D eigenvalue weighted by Gasteiger charge is 2.32. The lowest BCUT2D eigenvalue weighted by Gasteiger charge is -2.29. The molecule has 0 radical (unpaired) electrons. The smallest absolute Gasteiger partial charge is 0.127 e. The molecule has 0 bridgehead atoms. The predicted octanol–water partition coefficient (Wildman–Crippen LogP) is 4.94. The van der Waals surface area contributed by atoms with E-state index in [1.54, 1.807) is 6.07 Å². The lowest BCUT2D eigenvalue weighted by molar-refractivity contribution is 0.403. The lowest BCUT2D eigenvalue weighted by atomic mass is 10.0. The molecular formula is C20H24BrFN2. The zero-order valence-electron chi connectivity index (χ0n) is 14.4. The summed E-state index contributed by atoms with van der Waals surface area (Å²) < 4.78 is 15.0. The molecule has 0 saturated heterocycles. The Labute approximate surface area is 152 Å². The number of anilines is 1. The van der Waals surface area contributed by atoms with Crippen LogP contribution in [0.3, 0.4) is 0 Å². The topological polar surface area (TPSA) is 15.3 Å². The van der Waals surface area contributed by atoms with E-state index in [-0.39, 0.29) is 11.9 Å². The molecule has 0 aliphatic heterocycles. The molecule has 0 saturated carbocycles. The van der Waals surface area contributed by atoms with Crippen LogP contribution in [0, 0.1) is 11.7 Å². The molecule has 0 amide bonds. The van der Waals surface area contributed by atoms with Gasteiger partial charge in [-0.3, -0.25) is 0 Å². The van der Waals surface area contributed by atoms with Crippen molar-refractivity contribution in [3.8, 4) is 0 Å². The van der Waals surface area contributed by atoms with Gasteiger partial charge in [-0.1, -0.05) is 41.1 Å². The van der Waals surface area contributed by atoms with Crippen molar-refractivity contribution in [3.63, 3.8) is 0 Å². The molecule has 1 N–H and O–H groups in total. The summed E-state index contributed by atoms with van der Waals surface area (Å²) in [5.74, 6) is 0.308. The quantitative estimate of drug-likeness (QED) is 0.777. The molecular weight excluding hydrogens is 367 g/mol. The number of benzene rings is 2. The number of hydrogen-bond acceptors (Lipinski definition) is 2. The number of halogens is 2. The van der Waals surface area contributed by atoms with Crippen molar-refractivity contribution in [2.45, 2.75) is 32.4 Å². The summed E-state index contributed by atoms with van der Waals surface area (Å²) in [4.78, 5) is 2.27. The van der Waals surface area contributed by atoms with Gasteiger partial charge in [0.1, 0.15) is 5.82 Å². The number of rotatable bonds is 5. The van der Waals surface area contributed by atoms with E-state index >= 15 is 0 Å². The molecule has 2 aromatic rings. The van der Waals surface area contributed by atoms with Gasteiger partial charge in [0.05, 0.1) is 0 Å². The summed E-state index contributed by atoms with van der Waals surface area (Å²) in [5.41, 5.74) is 3.18. The monoisotopic (exact) mass is 390 g/mol. The van der Waals surface area contributed by atoms with Crippen molar-refractivity contribution in [2.24, 2.45) is 5.92 Å². The number of para-hydroxylation sites is 1. The van der Waals surface area contributed by atoms with Crippen molar-refractivity contribution in [1.29, 1.82) is 0 Å². The fourth-order valence-electron chi connectivity index (χ4n) is 3.53. The summed E-state index contributed by atoms with van der Waals surface area (Å²) in [6.07, 6.45) is 0.801.